The highest BCUT2D eigenvalue weighted by atomic mass is 35.5. The van der Waals surface area contributed by atoms with Crippen LogP contribution in [0.4, 0.5) is 5.69 Å². The van der Waals surface area contributed by atoms with Gasteiger partial charge in [-0.05, 0) is 42.3 Å². The molecule has 2 aromatic rings. The number of amides is 3. The van der Waals surface area contributed by atoms with Gasteiger partial charge in [0.05, 0.1) is 16.0 Å². The molecule has 3 rings (SSSR count). The Hall–Kier alpha value is -2.57. The molecule has 0 bridgehead atoms. The molecule has 6 nitrogen and oxygen atoms in total. The van der Waals surface area contributed by atoms with Crippen LogP contribution < -0.4 is 15.8 Å². The lowest BCUT2D eigenvalue weighted by molar-refractivity contribution is -0.126. The minimum absolute atomic E-state index is 0.0873. The molecular weight excluding hydrogens is 401 g/mol. The van der Waals surface area contributed by atoms with E-state index in [-0.39, 0.29) is 29.5 Å². The van der Waals surface area contributed by atoms with Crippen molar-refractivity contribution in [2.75, 3.05) is 11.4 Å². The van der Waals surface area contributed by atoms with E-state index >= 15 is 0 Å². The summed E-state index contributed by atoms with van der Waals surface area (Å²) in [6, 6.07) is 12.1. The Kier molecular flexibility index (Phi) is 6.21. The number of hydrogen-bond donors (Lipinski definition) is 2. The molecule has 0 aromatic heterocycles. The van der Waals surface area contributed by atoms with E-state index in [1.807, 2.05) is 24.3 Å². The van der Waals surface area contributed by atoms with Crippen LogP contribution in [-0.2, 0) is 16.0 Å². The lowest BCUT2D eigenvalue weighted by atomic mass is 10.1. The lowest BCUT2D eigenvalue weighted by Gasteiger charge is -2.17. The molecule has 0 spiro atoms. The van der Waals surface area contributed by atoms with Crippen LogP contribution in [0.5, 0.6) is 0 Å². The molecule has 146 valence electrons. The van der Waals surface area contributed by atoms with E-state index in [1.165, 1.54) is 23.8 Å². The van der Waals surface area contributed by atoms with Crippen molar-refractivity contribution in [2.24, 2.45) is 5.92 Å². The number of aryl methyl sites for hydroxylation is 1. The van der Waals surface area contributed by atoms with Crippen LogP contribution in [0.3, 0.4) is 0 Å². The summed E-state index contributed by atoms with van der Waals surface area (Å²) in [5, 5.41) is 0.575. The summed E-state index contributed by atoms with van der Waals surface area (Å²) in [6.07, 6.45) is 1.00. The monoisotopic (exact) mass is 419 g/mol. The van der Waals surface area contributed by atoms with Crippen LogP contribution in [0.25, 0.3) is 0 Å². The maximum absolute atomic E-state index is 12.4. The van der Waals surface area contributed by atoms with Gasteiger partial charge in [0.15, 0.2) is 0 Å². The quantitative estimate of drug-likeness (QED) is 0.745. The van der Waals surface area contributed by atoms with Gasteiger partial charge in [-0.25, -0.2) is 0 Å². The Morgan fingerprint density at radius 2 is 1.79 bits per heavy atom. The second-order valence-electron chi connectivity index (χ2n) is 6.50. The molecule has 1 atom stereocenters. The van der Waals surface area contributed by atoms with Crippen molar-refractivity contribution in [1.82, 2.24) is 10.9 Å². The van der Waals surface area contributed by atoms with Gasteiger partial charge in [-0.15, -0.1) is 0 Å². The average Bonchev–Trinajstić information content (AvgIpc) is 3.09. The van der Waals surface area contributed by atoms with Crippen molar-refractivity contribution < 1.29 is 14.4 Å². The number of carbonyl (C=O) groups excluding carboxylic acids is 3. The molecule has 28 heavy (non-hydrogen) atoms. The van der Waals surface area contributed by atoms with E-state index in [9.17, 15) is 14.4 Å². The fourth-order valence-corrected chi connectivity index (χ4v) is 3.27. The van der Waals surface area contributed by atoms with Gasteiger partial charge in [-0.2, -0.15) is 0 Å². The van der Waals surface area contributed by atoms with Crippen LogP contribution in [0.2, 0.25) is 10.0 Å². The molecule has 2 N–H and O–H groups in total. The highest BCUT2D eigenvalue weighted by Gasteiger charge is 2.35. The normalized spacial score (nSPS) is 16.2. The summed E-state index contributed by atoms with van der Waals surface area (Å²) >= 11 is 11.7. The molecule has 1 aliphatic rings. The van der Waals surface area contributed by atoms with Crippen molar-refractivity contribution in [3.05, 3.63) is 63.6 Å². The van der Waals surface area contributed by atoms with E-state index in [0.717, 1.165) is 12.1 Å². The smallest absolute Gasteiger partial charge is 0.269 e. The summed E-state index contributed by atoms with van der Waals surface area (Å²) in [4.78, 5) is 38.4. The number of benzene rings is 2. The first-order valence-corrected chi connectivity index (χ1v) is 9.59. The zero-order valence-corrected chi connectivity index (χ0v) is 16.7. The molecule has 0 unspecified atom stereocenters. The van der Waals surface area contributed by atoms with E-state index in [2.05, 4.69) is 17.8 Å². The van der Waals surface area contributed by atoms with Crippen LogP contribution in [0.15, 0.2) is 42.5 Å². The third-order valence-electron chi connectivity index (χ3n) is 4.63. The molecule has 1 saturated heterocycles. The van der Waals surface area contributed by atoms with E-state index in [4.69, 9.17) is 23.2 Å². The molecule has 1 fully saturated rings. The zero-order valence-electron chi connectivity index (χ0n) is 15.2. The molecule has 3 amide bonds. The third kappa shape index (κ3) is 4.46. The van der Waals surface area contributed by atoms with Crippen molar-refractivity contribution in [3.63, 3.8) is 0 Å². The Labute approximate surface area is 172 Å². The molecule has 0 aliphatic carbocycles. The highest BCUT2D eigenvalue weighted by Crippen LogP contribution is 2.26. The van der Waals surface area contributed by atoms with E-state index in [0.29, 0.717) is 5.02 Å². The van der Waals surface area contributed by atoms with Gasteiger partial charge in [0.2, 0.25) is 11.8 Å². The molecule has 1 aliphatic heterocycles. The predicted octanol–water partition coefficient (Wildman–Crippen LogP) is 3.37. The first-order chi connectivity index (χ1) is 13.4. The van der Waals surface area contributed by atoms with E-state index < -0.39 is 17.7 Å². The number of nitrogens with zero attached hydrogens (tertiary/aromatic N) is 1. The average molecular weight is 420 g/mol. The summed E-state index contributed by atoms with van der Waals surface area (Å²) in [5.74, 6) is -1.62. The van der Waals surface area contributed by atoms with Crippen LogP contribution in [0, 0.1) is 5.92 Å². The largest absolute Gasteiger partial charge is 0.312 e. The molecule has 8 heteroatoms. The zero-order chi connectivity index (χ0) is 20.3. The van der Waals surface area contributed by atoms with Gasteiger partial charge in [-0.3, -0.25) is 25.2 Å². The minimum atomic E-state index is -0.549. The van der Waals surface area contributed by atoms with Gasteiger partial charge in [-0.1, -0.05) is 42.3 Å². The predicted molar refractivity (Wildman–Crippen MR) is 108 cm³/mol. The fourth-order valence-electron chi connectivity index (χ4n) is 2.97. The maximum Gasteiger partial charge on any atom is 0.269 e. The first-order valence-electron chi connectivity index (χ1n) is 8.83. The number of anilines is 1. The standard InChI is InChI=1S/C20H19Cl2N3O3/c1-2-12-3-6-15(7-4-12)25-11-14(10-18(25)26)20(28)24-23-19(27)13-5-8-16(21)17(22)9-13/h3-9,14H,2,10-11H2,1H3,(H,23,27)(H,24,28)/t14-/m0/s1. The summed E-state index contributed by atoms with van der Waals surface area (Å²) in [5.41, 5.74) is 6.91. The number of carbonyl (C=O) groups is 3. The van der Waals surface area contributed by atoms with Crippen molar-refractivity contribution in [1.29, 1.82) is 0 Å². The van der Waals surface area contributed by atoms with Gasteiger partial charge in [0.1, 0.15) is 0 Å². The molecule has 0 radical (unpaired) electrons. The summed E-state index contributed by atoms with van der Waals surface area (Å²) in [7, 11) is 0. The Morgan fingerprint density at radius 1 is 1.07 bits per heavy atom. The number of rotatable bonds is 4. The summed E-state index contributed by atoms with van der Waals surface area (Å²) < 4.78 is 0. The summed E-state index contributed by atoms with van der Waals surface area (Å²) in [6.45, 7) is 2.32. The molecule has 2 aromatic carbocycles. The van der Waals surface area contributed by atoms with Crippen molar-refractivity contribution in [2.45, 2.75) is 19.8 Å². The second kappa shape index (κ2) is 8.63. The minimum Gasteiger partial charge on any atom is -0.312 e. The van der Waals surface area contributed by atoms with Crippen molar-refractivity contribution >= 4 is 46.6 Å². The van der Waals surface area contributed by atoms with Gasteiger partial charge in [0, 0.05) is 24.2 Å². The molecular formula is C20H19Cl2N3O3. The van der Waals surface area contributed by atoms with Crippen LogP contribution >= 0.6 is 23.2 Å². The number of halogens is 2. The number of hydrazine groups is 1. The molecule has 1 heterocycles. The Morgan fingerprint density at radius 3 is 2.43 bits per heavy atom. The number of hydrogen-bond acceptors (Lipinski definition) is 3. The maximum atomic E-state index is 12.4. The third-order valence-corrected chi connectivity index (χ3v) is 5.37. The first kappa shape index (κ1) is 20.2. The van der Waals surface area contributed by atoms with Crippen LogP contribution in [-0.4, -0.2) is 24.3 Å². The Bertz CT molecular complexity index is 915. The van der Waals surface area contributed by atoms with Gasteiger partial charge in [0.25, 0.3) is 5.91 Å². The Balaban J connectivity index is 1.58. The highest BCUT2D eigenvalue weighted by molar-refractivity contribution is 6.42. The van der Waals surface area contributed by atoms with Crippen molar-refractivity contribution in [3.8, 4) is 0 Å². The molecule has 0 saturated carbocycles. The second-order valence-corrected chi connectivity index (χ2v) is 7.31. The van der Waals surface area contributed by atoms with Crippen LogP contribution in [0.1, 0.15) is 29.3 Å². The van der Waals surface area contributed by atoms with Gasteiger partial charge < -0.3 is 4.90 Å². The SMILES string of the molecule is CCc1ccc(N2C[C@@H](C(=O)NNC(=O)c3ccc(Cl)c(Cl)c3)CC2=O)cc1. The lowest BCUT2D eigenvalue weighted by Crippen LogP contribution is -2.45. The topological polar surface area (TPSA) is 78.5 Å². The number of nitrogens with one attached hydrogen (secondary N) is 2. The van der Waals surface area contributed by atoms with Gasteiger partial charge >= 0.3 is 0 Å². The fraction of sp³-hybridized carbons (Fsp3) is 0.250. The van der Waals surface area contributed by atoms with E-state index in [1.54, 1.807) is 4.90 Å².